The number of pyridine rings is 1. The van der Waals surface area contributed by atoms with E-state index in [4.69, 9.17) is 0 Å². The zero-order valence-corrected chi connectivity index (χ0v) is 9.34. The zero-order chi connectivity index (χ0) is 10.5. The van der Waals surface area contributed by atoms with E-state index in [1.807, 2.05) is 12.4 Å². The van der Waals surface area contributed by atoms with Gasteiger partial charge in [0.2, 0.25) is 0 Å². The molecule has 0 spiro atoms. The Morgan fingerprint density at radius 2 is 1.81 bits per heavy atom. The Balaban J connectivity index is 1.70. The van der Waals surface area contributed by atoms with Crippen LogP contribution < -0.4 is 10.2 Å². The van der Waals surface area contributed by atoms with E-state index in [1.165, 1.54) is 31.4 Å². The molecule has 0 aliphatic carbocycles. The Bertz CT molecular complexity index is 361. The lowest BCUT2D eigenvalue weighted by Crippen LogP contribution is -2.67. The predicted molar refractivity (Wildman–Crippen MR) is 63.5 cm³/mol. The van der Waals surface area contributed by atoms with Crippen molar-refractivity contribution in [1.29, 1.82) is 0 Å². The van der Waals surface area contributed by atoms with Crippen LogP contribution in [0.3, 0.4) is 0 Å². The third-order valence-corrected chi connectivity index (χ3v) is 4.43. The van der Waals surface area contributed by atoms with Gasteiger partial charge in [0.1, 0.15) is 0 Å². The molecule has 5 rings (SSSR count). The van der Waals surface area contributed by atoms with Crippen molar-refractivity contribution in [1.82, 2.24) is 10.3 Å². The van der Waals surface area contributed by atoms with E-state index in [1.54, 1.807) is 0 Å². The molecule has 4 aliphatic rings. The second-order valence-corrected chi connectivity index (χ2v) is 5.43. The van der Waals surface area contributed by atoms with Crippen LogP contribution in [0.15, 0.2) is 24.5 Å². The first-order chi connectivity index (χ1) is 7.90. The highest BCUT2D eigenvalue weighted by molar-refractivity contribution is 5.48. The summed E-state index contributed by atoms with van der Waals surface area (Å²) in [7, 11) is 0. The second kappa shape index (κ2) is 3.20. The topological polar surface area (TPSA) is 28.2 Å². The summed E-state index contributed by atoms with van der Waals surface area (Å²) >= 11 is 0. The molecule has 0 amide bonds. The molecule has 1 N–H and O–H groups in total. The largest absolute Gasteiger partial charge is 0.364 e. The zero-order valence-electron chi connectivity index (χ0n) is 9.34. The number of aromatic nitrogens is 1. The maximum atomic E-state index is 4.26. The first-order valence-corrected chi connectivity index (χ1v) is 6.34. The minimum Gasteiger partial charge on any atom is -0.364 e. The molecular formula is C13H17N3. The van der Waals surface area contributed by atoms with Crippen molar-refractivity contribution in [2.75, 3.05) is 4.90 Å². The van der Waals surface area contributed by atoms with Gasteiger partial charge in [0, 0.05) is 30.4 Å². The summed E-state index contributed by atoms with van der Waals surface area (Å²) in [6, 6.07) is 7.35. The molecule has 3 nitrogen and oxygen atoms in total. The number of nitrogens with one attached hydrogen (secondary N) is 1. The Labute approximate surface area is 95.9 Å². The van der Waals surface area contributed by atoms with Crippen LogP contribution >= 0.6 is 0 Å². The van der Waals surface area contributed by atoms with E-state index >= 15 is 0 Å². The van der Waals surface area contributed by atoms with Gasteiger partial charge in [-0.05, 0) is 37.8 Å². The lowest BCUT2D eigenvalue weighted by atomic mass is 9.74. The number of hydrogen-bond acceptors (Lipinski definition) is 3. The summed E-state index contributed by atoms with van der Waals surface area (Å²) < 4.78 is 0. The molecule has 1 aromatic heterocycles. The first kappa shape index (κ1) is 8.99. The first-order valence-electron chi connectivity index (χ1n) is 6.34. The van der Waals surface area contributed by atoms with Crippen molar-refractivity contribution in [2.24, 2.45) is 0 Å². The van der Waals surface area contributed by atoms with Gasteiger partial charge in [0.25, 0.3) is 0 Å². The quantitative estimate of drug-likeness (QED) is 0.770. The van der Waals surface area contributed by atoms with Crippen molar-refractivity contribution in [3.8, 4) is 0 Å². The molecule has 5 heterocycles. The highest BCUT2D eigenvalue weighted by Gasteiger charge is 2.46. The van der Waals surface area contributed by atoms with Gasteiger partial charge in [-0.25, -0.2) is 0 Å². The van der Waals surface area contributed by atoms with Gasteiger partial charge in [-0.3, -0.25) is 4.98 Å². The molecule has 84 valence electrons. The predicted octanol–water partition coefficient (Wildman–Crippen LogP) is 1.55. The van der Waals surface area contributed by atoms with E-state index in [0.29, 0.717) is 0 Å². The average molecular weight is 215 g/mol. The lowest BCUT2D eigenvalue weighted by Gasteiger charge is -2.57. The van der Waals surface area contributed by atoms with Crippen LogP contribution in [0.5, 0.6) is 0 Å². The van der Waals surface area contributed by atoms with Crippen LogP contribution in [-0.2, 0) is 0 Å². The molecule has 0 radical (unpaired) electrons. The van der Waals surface area contributed by atoms with Gasteiger partial charge in [-0.2, -0.15) is 0 Å². The Kier molecular flexibility index (Phi) is 1.80. The lowest BCUT2D eigenvalue weighted by molar-refractivity contribution is 0.135. The Morgan fingerprint density at radius 3 is 2.38 bits per heavy atom. The maximum absolute atomic E-state index is 4.26. The van der Waals surface area contributed by atoms with Crippen LogP contribution in [0.1, 0.15) is 25.7 Å². The number of nitrogens with zero attached hydrogens (tertiary/aromatic N) is 2. The standard InChI is InChI=1S/C13H17N3/c1-2-11(8-14-3-1)16-12-4-9-5-13(16)7-10(6-12)15-9/h1-3,8-10,12-13,15H,4-7H2. The monoisotopic (exact) mass is 215 g/mol. The molecule has 3 heteroatoms. The minimum absolute atomic E-state index is 0.757. The SMILES string of the molecule is c1cncc(N2C3CC4CC2CC(C3)N4)c1. The Hall–Kier alpha value is -1.09. The van der Waals surface area contributed by atoms with E-state index in [2.05, 4.69) is 27.3 Å². The molecule has 0 aromatic carbocycles. The molecule has 4 fully saturated rings. The van der Waals surface area contributed by atoms with Crippen LogP contribution in [0.25, 0.3) is 0 Å². The molecule has 0 unspecified atom stereocenters. The summed E-state index contributed by atoms with van der Waals surface area (Å²) in [5, 5.41) is 3.74. The van der Waals surface area contributed by atoms with Crippen molar-refractivity contribution in [3.05, 3.63) is 24.5 Å². The van der Waals surface area contributed by atoms with Gasteiger partial charge in [-0.15, -0.1) is 0 Å². The summed E-state index contributed by atoms with van der Waals surface area (Å²) in [5.41, 5.74) is 1.33. The Morgan fingerprint density at radius 1 is 1.12 bits per heavy atom. The van der Waals surface area contributed by atoms with Crippen LogP contribution in [-0.4, -0.2) is 29.2 Å². The summed E-state index contributed by atoms with van der Waals surface area (Å²) in [6.45, 7) is 0. The smallest absolute Gasteiger partial charge is 0.0557 e. The number of anilines is 1. The normalized spacial score (nSPS) is 40.4. The molecule has 1 aromatic rings. The van der Waals surface area contributed by atoms with E-state index < -0.39 is 0 Å². The fourth-order valence-corrected chi connectivity index (χ4v) is 3.98. The molecular weight excluding hydrogens is 198 g/mol. The van der Waals surface area contributed by atoms with Gasteiger partial charge in [0.05, 0.1) is 11.9 Å². The third kappa shape index (κ3) is 1.21. The fraction of sp³-hybridized carbons (Fsp3) is 0.615. The maximum Gasteiger partial charge on any atom is 0.0557 e. The van der Waals surface area contributed by atoms with E-state index in [0.717, 1.165) is 24.2 Å². The molecule has 0 saturated carbocycles. The highest BCUT2D eigenvalue weighted by atomic mass is 15.3. The van der Waals surface area contributed by atoms with Crippen LogP contribution in [0, 0.1) is 0 Å². The van der Waals surface area contributed by atoms with E-state index in [9.17, 15) is 0 Å². The second-order valence-electron chi connectivity index (χ2n) is 5.43. The number of piperidine rings is 4. The highest BCUT2D eigenvalue weighted by Crippen LogP contribution is 2.41. The molecule has 4 bridgehead atoms. The molecule has 16 heavy (non-hydrogen) atoms. The van der Waals surface area contributed by atoms with Crippen molar-refractivity contribution in [3.63, 3.8) is 0 Å². The van der Waals surface area contributed by atoms with E-state index in [-0.39, 0.29) is 0 Å². The molecule has 4 aliphatic heterocycles. The van der Waals surface area contributed by atoms with Crippen LogP contribution in [0.2, 0.25) is 0 Å². The molecule has 0 atom stereocenters. The average Bonchev–Trinajstić information content (AvgIpc) is 2.29. The van der Waals surface area contributed by atoms with Crippen molar-refractivity contribution >= 4 is 5.69 Å². The minimum atomic E-state index is 0.757. The summed E-state index contributed by atoms with van der Waals surface area (Å²) in [5.74, 6) is 0. The summed E-state index contributed by atoms with van der Waals surface area (Å²) in [6.07, 6.45) is 9.17. The van der Waals surface area contributed by atoms with Gasteiger partial charge in [-0.1, -0.05) is 0 Å². The molecule has 4 saturated heterocycles. The summed E-state index contributed by atoms with van der Waals surface area (Å²) in [4.78, 5) is 6.90. The number of hydrogen-bond donors (Lipinski definition) is 1. The van der Waals surface area contributed by atoms with Crippen molar-refractivity contribution in [2.45, 2.75) is 49.9 Å². The van der Waals surface area contributed by atoms with Gasteiger partial charge in [0.15, 0.2) is 0 Å². The fourth-order valence-electron chi connectivity index (χ4n) is 3.98. The van der Waals surface area contributed by atoms with Crippen molar-refractivity contribution < 1.29 is 0 Å². The number of rotatable bonds is 1. The third-order valence-electron chi connectivity index (χ3n) is 4.43. The van der Waals surface area contributed by atoms with Crippen LogP contribution in [0.4, 0.5) is 5.69 Å². The van der Waals surface area contributed by atoms with Gasteiger partial charge >= 0.3 is 0 Å². The van der Waals surface area contributed by atoms with Gasteiger partial charge < -0.3 is 10.2 Å².